The molecule has 0 amide bonds. The number of benzene rings is 1. The SMILES string of the molecule is Cc1cc(N(C)C)c2cc(Cl)cc(Br)c2n1. The van der Waals surface area contributed by atoms with Gasteiger partial charge in [-0.05, 0) is 41.1 Å². The van der Waals surface area contributed by atoms with Gasteiger partial charge in [-0.25, -0.2) is 0 Å². The monoisotopic (exact) mass is 298 g/mol. The van der Waals surface area contributed by atoms with Gasteiger partial charge >= 0.3 is 0 Å². The molecule has 0 aliphatic carbocycles. The van der Waals surface area contributed by atoms with E-state index in [1.165, 1.54) is 0 Å². The van der Waals surface area contributed by atoms with Crippen molar-refractivity contribution in [2.75, 3.05) is 19.0 Å². The van der Waals surface area contributed by atoms with E-state index in [2.05, 4.69) is 31.9 Å². The van der Waals surface area contributed by atoms with Crippen molar-refractivity contribution >= 4 is 44.1 Å². The summed E-state index contributed by atoms with van der Waals surface area (Å²) in [5.74, 6) is 0. The number of hydrogen-bond acceptors (Lipinski definition) is 2. The van der Waals surface area contributed by atoms with Gasteiger partial charge in [0.05, 0.1) is 5.52 Å². The first-order chi connectivity index (χ1) is 7.49. The van der Waals surface area contributed by atoms with Gasteiger partial charge in [0.2, 0.25) is 0 Å². The van der Waals surface area contributed by atoms with Gasteiger partial charge in [0.25, 0.3) is 0 Å². The first-order valence-corrected chi connectivity index (χ1v) is 6.10. The van der Waals surface area contributed by atoms with Crippen LogP contribution < -0.4 is 4.90 Å². The molecule has 1 aromatic carbocycles. The molecule has 0 saturated carbocycles. The Labute approximate surface area is 108 Å². The van der Waals surface area contributed by atoms with Crippen LogP contribution in [0.3, 0.4) is 0 Å². The lowest BCUT2D eigenvalue weighted by Crippen LogP contribution is -2.10. The Kier molecular flexibility index (Phi) is 3.08. The summed E-state index contributed by atoms with van der Waals surface area (Å²) in [6.45, 7) is 1.99. The number of aromatic nitrogens is 1. The van der Waals surface area contributed by atoms with E-state index in [4.69, 9.17) is 11.6 Å². The van der Waals surface area contributed by atoms with Crippen molar-refractivity contribution in [3.8, 4) is 0 Å². The molecule has 1 heterocycles. The average Bonchev–Trinajstić information content (AvgIpc) is 2.18. The number of aryl methyl sites for hydroxylation is 1. The molecule has 0 atom stereocenters. The molecule has 0 fully saturated rings. The van der Waals surface area contributed by atoms with Crippen LogP contribution in [0.4, 0.5) is 5.69 Å². The van der Waals surface area contributed by atoms with E-state index in [1.54, 1.807) is 0 Å². The number of rotatable bonds is 1. The molecule has 84 valence electrons. The third-order valence-corrected chi connectivity index (χ3v) is 3.24. The quantitative estimate of drug-likeness (QED) is 0.790. The Morgan fingerprint density at radius 1 is 1.25 bits per heavy atom. The van der Waals surface area contributed by atoms with Crippen molar-refractivity contribution in [3.05, 3.63) is 33.4 Å². The zero-order chi connectivity index (χ0) is 11.9. The van der Waals surface area contributed by atoms with Crippen molar-refractivity contribution in [1.29, 1.82) is 0 Å². The fourth-order valence-electron chi connectivity index (χ4n) is 1.73. The van der Waals surface area contributed by atoms with E-state index in [1.807, 2.05) is 33.2 Å². The number of fused-ring (bicyclic) bond motifs is 1. The van der Waals surface area contributed by atoms with E-state index in [9.17, 15) is 0 Å². The maximum atomic E-state index is 6.06. The van der Waals surface area contributed by atoms with Crippen LogP contribution in [0.15, 0.2) is 22.7 Å². The number of anilines is 1. The minimum Gasteiger partial charge on any atom is -0.377 e. The maximum Gasteiger partial charge on any atom is 0.0868 e. The number of pyridine rings is 1. The highest BCUT2D eigenvalue weighted by molar-refractivity contribution is 9.10. The predicted molar refractivity (Wildman–Crippen MR) is 73.5 cm³/mol. The summed E-state index contributed by atoms with van der Waals surface area (Å²) in [5.41, 5.74) is 3.08. The molecule has 0 aliphatic rings. The van der Waals surface area contributed by atoms with Crippen molar-refractivity contribution < 1.29 is 0 Å². The summed E-state index contributed by atoms with van der Waals surface area (Å²) in [7, 11) is 4.03. The van der Waals surface area contributed by atoms with Crippen LogP contribution in [0.5, 0.6) is 0 Å². The number of halogens is 2. The summed E-state index contributed by atoms with van der Waals surface area (Å²) in [5, 5.41) is 1.78. The van der Waals surface area contributed by atoms with Crippen molar-refractivity contribution in [2.45, 2.75) is 6.92 Å². The second kappa shape index (κ2) is 4.22. The Bertz CT molecular complexity index is 552. The highest BCUT2D eigenvalue weighted by Crippen LogP contribution is 2.33. The first kappa shape index (κ1) is 11.7. The minimum absolute atomic E-state index is 0.716. The first-order valence-electron chi connectivity index (χ1n) is 4.93. The van der Waals surface area contributed by atoms with Crippen LogP contribution >= 0.6 is 27.5 Å². The second-order valence-electron chi connectivity index (χ2n) is 3.96. The lowest BCUT2D eigenvalue weighted by atomic mass is 10.1. The molecular formula is C12H12BrClN2. The Balaban J connectivity index is 2.89. The van der Waals surface area contributed by atoms with Gasteiger partial charge in [-0.15, -0.1) is 0 Å². The molecule has 4 heteroatoms. The third-order valence-electron chi connectivity index (χ3n) is 2.42. The summed E-state index contributed by atoms with van der Waals surface area (Å²) in [6.07, 6.45) is 0. The molecule has 2 nitrogen and oxygen atoms in total. The molecule has 0 saturated heterocycles. The molecule has 0 bridgehead atoms. The van der Waals surface area contributed by atoms with Crippen LogP contribution in [-0.2, 0) is 0 Å². The zero-order valence-electron chi connectivity index (χ0n) is 9.38. The number of hydrogen-bond donors (Lipinski definition) is 0. The standard InChI is InChI=1S/C12H12BrClN2/c1-7-4-11(16(2)3)9-5-8(14)6-10(13)12(9)15-7/h4-6H,1-3H3. The maximum absolute atomic E-state index is 6.06. The topological polar surface area (TPSA) is 16.1 Å². The van der Waals surface area contributed by atoms with Crippen LogP contribution in [0.25, 0.3) is 10.9 Å². The van der Waals surface area contributed by atoms with Gasteiger partial charge in [0, 0.05) is 40.4 Å². The van der Waals surface area contributed by atoms with Crippen molar-refractivity contribution in [3.63, 3.8) is 0 Å². The van der Waals surface area contributed by atoms with Gasteiger partial charge in [0.15, 0.2) is 0 Å². The Hall–Kier alpha value is -0.800. The molecule has 2 rings (SSSR count). The van der Waals surface area contributed by atoms with Crippen molar-refractivity contribution in [1.82, 2.24) is 4.98 Å². The van der Waals surface area contributed by atoms with E-state index < -0.39 is 0 Å². The molecule has 0 radical (unpaired) electrons. The Morgan fingerprint density at radius 2 is 1.94 bits per heavy atom. The van der Waals surface area contributed by atoms with Crippen LogP contribution in [0, 0.1) is 6.92 Å². The molecule has 1 aromatic heterocycles. The fourth-order valence-corrected chi connectivity index (χ4v) is 2.63. The van der Waals surface area contributed by atoms with Crippen molar-refractivity contribution in [2.24, 2.45) is 0 Å². The van der Waals surface area contributed by atoms with E-state index >= 15 is 0 Å². The van der Waals surface area contributed by atoms with Crippen LogP contribution in [0.2, 0.25) is 5.02 Å². The summed E-state index contributed by atoms with van der Waals surface area (Å²) in [6, 6.07) is 5.88. The number of nitrogens with zero attached hydrogens (tertiary/aromatic N) is 2. The van der Waals surface area contributed by atoms with Crippen LogP contribution in [0.1, 0.15) is 5.69 Å². The molecular weight excluding hydrogens is 288 g/mol. The predicted octanol–water partition coefficient (Wildman–Crippen LogP) is 4.03. The minimum atomic E-state index is 0.716. The zero-order valence-corrected chi connectivity index (χ0v) is 11.7. The van der Waals surface area contributed by atoms with Gasteiger partial charge in [-0.3, -0.25) is 4.98 Å². The smallest absolute Gasteiger partial charge is 0.0868 e. The lowest BCUT2D eigenvalue weighted by molar-refractivity contribution is 1.12. The van der Waals surface area contributed by atoms with Gasteiger partial charge < -0.3 is 4.90 Å². The molecule has 2 aromatic rings. The molecule has 0 N–H and O–H groups in total. The molecule has 0 aliphatic heterocycles. The largest absolute Gasteiger partial charge is 0.377 e. The van der Waals surface area contributed by atoms with Gasteiger partial charge in [-0.1, -0.05) is 11.6 Å². The summed E-state index contributed by atoms with van der Waals surface area (Å²) >= 11 is 9.56. The summed E-state index contributed by atoms with van der Waals surface area (Å²) in [4.78, 5) is 6.60. The van der Waals surface area contributed by atoms with E-state index in [-0.39, 0.29) is 0 Å². The Morgan fingerprint density at radius 3 is 2.56 bits per heavy atom. The van der Waals surface area contributed by atoms with Crippen LogP contribution in [-0.4, -0.2) is 19.1 Å². The normalized spacial score (nSPS) is 10.8. The third kappa shape index (κ3) is 2.02. The molecule has 0 spiro atoms. The fraction of sp³-hybridized carbons (Fsp3) is 0.250. The van der Waals surface area contributed by atoms with Gasteiger partial charge in [-0.2, -0.15) is 0 Å². The highest BCUT2D eigenvalue weighted by atomic mass is 79.9. The molecule has 16 heavy (non-hydrogen) atoms. The average molecular weight is 300 g/mol. The second-order valence-corrected chi connectivity index (χ2v) is 5.25. The lowest BCUT2D eigenvalue weighted by Gasteiger charge is -2.16. The van der Waals surface area contributed by atoms with E-state index in [0.717, 1.165) is 26.8 Å². The van der Waals surface area contributed by atoms with Gasteiger partial charge in [0.1, 0.15) is 0 Å². The highest BCUT2D eigenvalue weighted by Gasteiger charge is 2.09. The summed E-state index contributed by atoms with van der Waals surface area (Å²) < 4.78 is 0.932. The molecule has 0 unspecified atom stereocenters. The van der Waals surface area contributed by atoms with E-state index in [0.29, 0.717) is 5.02 Å².